The number of aromatic amines is 1. The van der Waals surface area contributed by atoms with Crippen LogP contribution in [0.4, 0.5) is 5.95 Å². The Hall–Kier alpha value is -2.28. The minimum Gasteiger partial charge on any atom is -0.369 e. The first-order chi connectivity index (χ1) is 9.22. The van der Waals surface area contributed by atoms with Crippen LogP contribution < -0.4 is 11.3 Å². The van der Waals surface area contributed by atoms with Gasteiger partial charge in [-0.05, 0) is 0 Å². The number of rotatable bonds is 2. The van der Waals surface area contributed by atoms with E-state index in [9.17, 15) is 4.79 Å². The van der Waals surface area contributed by atoms with E-state index in [0.717, 1.165) is 24.4 Å². The summed E-state index contributed by atoms with van der Waals surface area (Å²) in [6.45, 7) is 2.07. The first kappa shape index (κ1) is 11.8. The van der Waals surface area contributed by atoms with Crippen LogP contribution >= 0.6 is 0 Å². The van der Waals surface area contributed by atoms with Crippen molar-refractivity contribution >= 4 is 5.95 Å². The molecule has 3 N–H and O–H groups in total. The molecule has 19 heavy (non-hydrogen) atoms. The molecule has 0 amide bonds. The number of nitrogens with one attached hydrogen (secondary N) is 1. The fourth-order valence-electron chi connectivity index (χ4n) is 2.28. The lowest BCUT2D eigenvalue weighted by Gasteiger charge is -2.26. The Bertz CT molecular complexity index is 638. The lowest BCUT2D eigenvalue weighted by atomic mass is 10.1. The molecule has 0 atom stereocenters. The van der Waals surface area contributed by atoms with Crippen LogP contribution in [-0.4, -0.2) is 31.4 Å². The van der Waals surface area contributed by atoms with Gasteiger partial charge in [0.25, 0.3) is 5.56 Å². The largest absolute Gasteiger partial charge is 0.369 e. The van der Waals surface area contributed by atoms with Gasteiger partial charge in [0.2, 0.25) is 5.95 Å². The highest BCUT2D eigenvalue weighted by Gasteiger charge is 2.21. The summed E-state index contributed by atoms with van der Waals surface area (Å²) in [5.74, 6) is 0.186. The van der Waals surface area contributed by atoms with Crippen LogP contribution in [0.3, 0.4) is 0 Å². The van der Waals surface area contributed by atoms with E-state index < -0.39 is 0 Å². The maximum atomic E-state index is 11.9. The molecule has 2 aromatic rings. The number of nitrogens with two attached hydrogens (primary N) is 1. The highest BCUT2D eigenvalue weighted by atomic mass is 16.1. The van der Waals surface area contributed by atoms with Crippen LogP contribution in [-0.2, 0) is 19.5 Å². The second-order valence-corrected chi connectivity index (χ2v) is 4.53. The summed E-state index contributed by atoms with van der Waals surface area (Å²) in [5, 5.41) is 0. The van der Waals surface area contributed by atoms with Gasteiger partial charge in [0.1, 0.15) is 0 Å². The lowest BCUT2D eigenvalue weighted by Crippen LogP contribution is -2.35. The average molecular weight is 258 g/mol. The summed E-state index contributed by atoms with van der Waals surface area (Å²) in [5.41, 5.74) is 7.79. The highest BCUT2D eigenvalue weighted by Crippen LogP contribution is 2.15. The van der Waals surface area contributed by atoms with Gasteiger partial charge in [0.05, 0.1) is 17.0 Å². The van der Waals surface area contributed by atoms with Crippen LogP contribution in [0.15, 0.2) is 23.4 Å². The van der Waals surface area contributed by atoms with E-state index in [1.54, 1.807) is 18.6 Å². The first-order valence-electron chi connectivity index (χ1n) is 6.07. The van der Waals surface area contributed by atoms with E-state index >= 15 is 0 Å². The van der Waals surface area contributed by atoms with E-state index in [1.165, 1.54) is 0 Å². The van der Waals surface area contributed by atoms with Crippen molar-refractivity contribution in [3.05, 3.63) is 45.9 Å². The maximum Gasteiger partial charge on any atom is 0.257 e. The summed E-state index contributed by atoms with van der Waals surface area (Å²) in [7, 11) is 0. The Morgan fingerprint density at radius 1 is 1.42 bits per heavy atom. The van der Waals surface area contributed by atoms with Crippen LogP contribution in [0.5, 0.6) is 0 Å². The number of anilines is 1. The smallest absolute Gasteiger partial charge is 0.257 e. The van der Waals surface area contributed by atoms with Crippen LogP contribution in [0.25, 0.3) is 0 Å². The zero-order chi connectivity index (χ0) is 13.2. The van der Waals surface area contributed by atoms with Crippen molar-refractivity contribution < 1.29 is 0 Å². The Labute approximate surface area is 109 Å². The molecule has 0 bridgehead atoms. The van der Waals surface area contributed by atoms with E-state index in [1.807, 2.05) is 0 Å². The average Bonchev–Trinajstić information content (AvgIpc) is 2.40. The maximum absolute atomic E-state index is 11.9. The van der Waals surface area contributed by atoms with Crippen molar-refractivity contribution in [2.24, 2.45) is 0 Å². The van der Waals surface area contributed by atoms with E-state index in [-0.39, 0.29) is 11.5 Å². The normalized spacial score (nSPS) is 15.2. The molecule has 0 spiro atoms. The third kappa shape index (κ3) is 2.45. The molecule has 0 unspecified atom stereocenters. The van der Waals surface area contributed by atoms with Gasteiger partial charge in [0.15, 0.2) is 0 Å². The van der Waals surface area contributed by atoms with Gasteiger partial charge in [-0.2, -0.15) is 0 Å². The van der Waals surface area contributed by atoms with Gasteiger partial charge < -0.3 is 5.73 Å². The molecule has 0 fully saturated rings. The van der Waals surface area contributed by atoms with Gasteiger partial charge in [0, 0.05) is 44.6 Å². The van der Waals surface area contributed by atoms with Crippen molar-refractivity contribution in [2.45, 2.75) is 19.5 Å². The third-order valence-corrected chi connectivity index (χ3v) is 3.17. The molecule has 0 aliphatic carbocycles. The molecule has 2 aromatic heterocycles. The van der Waals surface area contributed by atoms with Gasteiger partial charge in [-0.3, -0.25) is 24.6 Å². The van der Waals surface area contributed by atoms with E-state index in [2.05, 4.69) is 24.8 Å². The lowest BCUT2D eigenvalue weighted by molar-refractivity contribution is 0.239. The second kappa shape index (κ2) is 4.77. The molecule has 3 rings (SSSR count). The molecule has 1 aliphatic heterocycles. The Balaban J connectivity index is 1.81. The molecule has 0 aromatic carbocycles. The van der Waals surface area contributed by atoms with Gasteiger partial charge in [-0.1, -0.05) is 0 Å². The van der Waals surface area contributed by atoms with E-state index in [0.29, 0.717) is 18.7 Å². The fraction of sp³-hybridized carbons (Fsp3) is 0.333. The fourth-order valence-corrected chi connectivity index (χ4v) is 2.28. The Morgan fingerprint density at radius 2 is 2.32 bits per heavy atom. The third-order valence-electron chi connectivity index (χ3n) is 3.17. The van der Waals surface area contributed by atoms with Crippen molar-refractivity contribution in [3.8, 4) is 0 Å². The molecule has 1 aliphatic rings. The molecular weight excluding hydrogens is 244 g/mol. The van der Waals surface area contributed by atoms with Crippen molar-refractivity contribution in [3.63, 3.8) is 0 Å². The number of nitrogens with zero attached hydrogens (tertiary/aromatic N) is 4. The Morgan fingerprint density at radius 3 is 3.11 bits per heavy atom. The summed E-state index contributed by atoms with van der Waals surface area (Å²) >= 11 is 0. The van der Waals surface area contributed by atoms with Gasteiger partial charge in [-0.25, -0.2) is 4.98 Å². The predicted molar refractivity (Wildman–Crippen MR) is 69.1 cm³/mol. The van der Waals surface area contributed by atoms with Crippen LogP contribution in [0, 0.1) is 0 Å². The summed E-state index contributed by atoms with van der Waals surface area (Å²) < 4.78 is 0. The van der Waals surface area contributed by atoms with Crippen LogP contribution in [0.2, 0.25) is 0 Å². The molecule has 0 radical (unpaired) electrons. The standard InChI is InChI=1S/C12H14N6O/c13-12-16-10-1-4-18(7-9(10)11(19)17-12)6-8-5-14-2-3-15-8/h2-3,5H,1,4,6-7H2,(H3,13,16,17,19). The minimum absolute atomic E-state index is 0.147. The van der Waals surface area contributed by atoms with Crippen molar-refractivity contribution in [1.29, 1.82) is 0 Å². The number of aromatic nitrogens is 4. The number of nitrogen functional groups attached to an aromatic ring is 1. The second-order valence-electron chi connectivity index (χ2n) is 4.53. The number of fused-ring (bicyclic) bond motifs is 1. The predicted octanol–water partition coefficient (Wildman–Crippen LogP) is -0.300. The number of hydrogen-bond donors (Lipinski definition) is 2. The van der Waals surface area contributed by atoms with Crippen molar-refractivity contribution in [1.82, 2.24) is 24.8 Å². The molecule has 3 heterocycles. The summed E-state index contributed by atoms with van der Waals surface area (Å²) in [6.07, 6.45) is 5.78. The Kier molecular flexibility index (Phi) is 2.96. The van der Waals surface area contributed by atoms with Crippen molar-refractivity contribution in [2.75, 3.05) is 12.3 Å². The molecular formula is C12H14N6O. The minimum atomic E-state index is -0.147. The molecule has 0 saturated carbocycles. The topological polar surface area (TPSA) is 101 Å². The summed E-state index contributed by atoms with van der Waals surface area (Å²) in [6, 6.07) is 0. The highest BCUT2D eigenvalue weighted by molar-refractivity contribution is 5.27. The zero-order valence-electron chi connectivity index (χ0n) is 10.3. The quantitative estimate of drug-likeness (QED) is 0.767. The molecule has 98 valence electrons. The SMILES string of the molecule is Nc1nc2c(c(=O)[nH]1)CN(Cc1cnccn1)CC2. The molecule has 7 heteroatoms. The first-order valence-corrected chi connectivity index (χ1v) is 6.07. The monoisotopic (exact) mass is 258 g/mol. The molecule has 0 saturated heterocycles. The van der Waals surface area contributed by atoms with Gasteiger partial charge >= 0.3 is 0 Å². The van der Waals surface area contributed by atoms with E-state index in [4.69, 9.17) is 5.73 Å². The number of H-pyrrole nitrogens is 1. The van der Waals surface area contributed by atoms with Gasteiger partial charge in [-0.15, -0.1) is 0 Å². The summed E-state index contributed by atoms with van der Waals surface area (Å²) in [4.78, 5) is 29.0. The number of hydrogen-bond acceptors (Lipinski definition) is 6. The zero-order valence-corrected chi connectivity index (χ0v) is 10.3. The van der Waals surface area contributed by atoms with Crippen LogP contribution in [0.1, 0.15) is 17.0 Å². The molecule has 7 nitrogen and oxygen atoms in total.